The van der Waals surface area contributed by atoms with Crippen molar-refractivity contribution in [2.45, 2.75) is 30.8 Å². The second-order valence-electron chi connectivity index (χ2n) is 8.41. The van der Waals surface area contributed by atoms with Gasteiger partial charge >= 0.3 is 0 Å². The summed E-state index contributed by atoms with van der Waals surface area (Å²) in [6, 6.07) is 39.5. The molecule has 0 heterocycles. The van der Waals surface area contributed by atoms with E-state index in [-0.39, 0.29) is 11.0 Å². The molecule has 0 saturated heterocycles. The summed E-state index contributed by atoms with van der Waals surface area (Å²) in [6.07, 6.45) is 2.93. The lowest BCUT2D eigenvalue weighted by molar-refractivity contribution is 0.240. The Morgan fingerprint density at radius 1 is 0.686 bits per heavy atom. The molecule has 0 aliphatic rings. The predicted octanol–water partition coefficient (Wildman–Crippen LogP) is 4.83. The molecule has 0 radical (unpaired) electrons. The fourth-order valence-electron chi connectivity index (χ4n) is 4.31. The van der Waals surface area contributed by atoms with Gasteiger partial charge in [0, 0.05) is 5.41 Å². The maximum absolute atomic E-state index is 13.0. The molecular formula is C30H30O3SSi. The molecular weight excluding hydrogens is 468 g/mol. The number of hydrogen-bond acceptors (Lipinski definition) is 3. The summed E-state index contributed by atoms with van der Waals surface area (Å²) in [5, 5.41) is 4.68. The highest BCUT2D eigenvalue weighted by Crippen LogP contribution is 2.18. The van der Waals surface area contributed by atoms with Crippen LogP contribution in [-0.4, -0.2) is 22.8 Å². The zero-order chi connectivity index (χ0) is 24.6. The molecule has 178 valence electrons. The van der Waals surface area contributed by atoms with E-state index in [2.05, 4.69) is 43.3 Å². The van der Waals surface area contributed by atoms with Crippen molar-refractivity contribution in [3.05, 3.63) is 133 Å². The van der Waals surface area contributed by atoms with Gasteiger partial charge in [-0.3, -0.25) is 0 Å². The number of hydrogen-bond donors (Lipinski definition) is 0. The molecule has 5 heteroatoms. The van der Waals surface area contributed by atoms with Gasteiger partial charge in [-0.25, -0.2) is 8.42 Å². The summed E-state index contributed by atoms with van der Waals surface area (Å²) in [5.74, 6) is 0. The number of sulfone groups is 1. The smallest absolute Gasteiger partial charge is 0.288 e. The summed E-state index contributed by atoms with van der Waals surface area (Å²) in [7, 11) is -6.51. The van der Waals surface area contributed by atoms with Crippen molar-refractivity contribution >= 4 is 33.7 Å². The van der Waals surface area contributed by atoms with Crippen molar-refractivity contribution in [1.82, 2.24) is 0 Å². The SMILES string of the molecule is CCC[C@@H](/C=C/S(=O)(=O)c1ccccc1)O[Si](c1ccccc1)(c1ccccc1)c1ccccc1. The monoisotopic (exact) mass is 498 g/mol. The second kappa shape index (κ2) is 11.4. The Hall–Kier alpha value is -3.25. The average Bonchev–Trinajstić information content (AvgIpc) is 2.92. The largest absolute Gasteiger partial charge is 0.398 e. The van der Waals surface area contributed by atoms with Gasteiger partial charge in [0.05, 0.1) is 11.0 Å². The van der Waals surface area contributed by atoms with Gasteiger partial charge in [0.2, 0.25) is 0 Å². The fourth-order valence-corrected chi connectivity index (χ4v) is 9.43. The zero-order valence-corrected chi connectivity index (χ0v) is 21.6. The summed E-state index contributed by atoms with van der Waals surface area (Å²) in [6.45, 7) is 2.09. The Kier molecular flexibility index (Phi) is 8.13. The minimum atomic E-state index is -3.57. The first-order valence-electron chi connectivity index (χ1n) is 11.9. The second-order valence-corrected chi connectivity index (χ2v) is 13.6. The van der Waals surface area contributed by atoms with Crippen LogP contribution < -0.4 is 15.6 Å². The van der Waals surface area contributed by atoms with Crippen LogP contribution in [0.1, 0.15) is 19.8 Å². The molecule has 0 saturated carbocycles. The molecule has 0 N–H and O–H groups in total. The van der Waals surface area contributed by atoms with Gasteiger partial charge in [-0.15, -0.1) is 0 Å². The van der Waals surface area contributed by atoms with Gasteiger partial charge in [-0.2, -0.15) is 0 Å². The van der Waals surface area contributed by atoms with Crippen LogP contribution in [0, 0.1) is 0 Å². The van der Waals surface area contributed by atoms with Crippen molar-refractivity contribution in [2.24, 2.45) is 0 Å². The van der Waals surface area contributed by atoms with Gasteiger partial charge in [-0.1, -0.05) is 123 Å². The Balaban J connectivity index is 1.84. The molecule has 4 aromatic carbocycles. The lowest BCUT2D eigenvalue weighted by atomic mass is 10.2. The maximum atomic E-state index is 13.0. The normalized spacial score (nSPS) is 13.1. The summed E-state index contributed by atoms with van der Waals surface area (Å²) < 4.78 is 33.1. The topological polar surface area (TPSA) is 43.4 Å². The van der Waals surface area contributed by atoms with E-state index in [1.807, 2.05) is 60.7 Å². The molecule has 1 atom stereocenters. The van der Waals surface area contributed by atoms with Crippen LogP contribution in [0.3, 0.4) is 0 Å². The quantitative estimate of drug-likeness (QED) is 0.232. The molecule has 0 aliphatic heterocycles. The van der Waals surface area contributed by atoms with E-state index in [9.17, 15) is 8.42 Å². The average molecular weight is 499 g/mol. The first-order valence-corrected chi connectivity index (χ1v) is 15.3. The molecule has 0 bridgehead atoms. The third kappa shape index (κ3) is 5.70. The number of benzene rings is 4. The van der Waals surface area contributed by atoms with E-state index >= 15 is 0 Å². The fraction of sp³-hybridized carbons (Fsp3) is 0.133. The molecule has 0 unspecified atom stereocenters. The summed E-state index contributed by atoms with van der Waals surface area (Å²) >= 11 is 0. The third-order valence-corrected chi connectivity index (χ3v) is 11.5. The first kappa shape index (κ1) is 24.9. The molecule has 0 fully saturated rings. The molecule has 4 aromatic rings. The minimum Gasteiger partial charge on any atom is -0.398 e. The molecule has 4 rings (SSSR count). The van der Waals surface area contributed by atoms with E-state index in [0.29, 0.717) is 6.42 Å². The van der Waals surface area contributed by atoms with Gasteiger partial charge in [0.1, 0.15) is 0 Å². The van der Waals surface area contributed by atoms with E-state index in [0.717, 1.165) is 22.0 Å². The highest BCUT2D eigenvalue weighted by atomic mass is 32.2. The molecule has 0 spiro atoms. The highest BCUT2D eigenvalue weighted by Gasteiger charge is 2.43. The van der Waals surface area contributed by atoms with Crippen LogP contribution in [0.4, 0.5) is 0 Å². The van der Waals surface area contributed by atoms with Crippen LogP contribution in [-0.2, 0) is 14.3 Å². The third-order valence-electron chi connectivity index (χ3n) is 5.99. The van der Waals surface area contributed by atoms with E-state index < -0.39 is 18.2 Å². The Bertz CT molecular complexity index is 1230. The van der Waals surface area contributed by atoms with E-state index in [4.69, 9.17) is 4.43 Å². The summed E-state index contributed by atoms with van der Waals surface area (Å²) in [4.78, 5) is 0.282. The molecule has 35 heavy (non-hydrogen) atoms. The van der Waals surface area contributed by atoms with Crippen LogP contribution in [0.2, 0.25) is 0 Å². The Morgan fingerprint density at radius 2 is 1.09 bits per heavy atom. The van der Waals surface area contributed by atoms with Gasteiger partial charge in [0.25, 0.3) is 8.32 Å². The van der Waals surface area contributed by atoms with Crippen LogP contribution >= 0.6 is 0 Å². The molecule has 0 aliphatic carbocycles. The standard InChI is InChI=1S/C30H30O3SSi/c1-2-15-26(24-25-34(31,32)27-16-7-3-8-17-27)33-35(28-18-9-4-10-19-28,29-20-11-5-12-21-29)30-22-13-6-14-23-30/h3-14,16-26H,2,15H2,1H3/b25-24+/t26-/m0/s1. The first-order chi connectivity index (χ1) is 17.1. The predicted molar refractivity (Wildman–Crippen MR) is 147 cm³/mol. The molecule has 0 aromatic heterocycles. The molecule has 3 nitrogen and oxygen atoms in total. The Labute approximate surface area is 209 Å². The maximum Gasteiger partial charge on any atom is 0.288 e. The lowest BCUT2D eigenvalue weighted by Gasteiger charge is -2.36. The van der Waals surface area contributed by atoms with Crippen molar-refractivity contribution in [2.75, 3.05) is 0 Å². The van der Waals surface area contributed by atoms with Crippen molar-refractivity contribution in [1.29, 1.82) is 0 Å². The summed E-state index contributed by atoms with van der Waals surface area (Å²) in [5.41, 5.74) is 0. The van der Waals surface area contributed by atoms with Gasteiger partial charge in [0.15, 0.2) is 9.84 Å². The van der Waals surface area contributed by atoms with Crippen molar-refractivity contribution in [3.63, 3.8) is 0 Å². The van der Waals surface area contributed by atoms with Gasteiger partial charge in [-0.05, 0) is 40.2 Å². The minimum absolute atomic E-state index is 0.282. The van der Waals surface area contributed by atoms with E-state index in [1.165, 1.54) is 5.41 Å². The highest BCUT2D eigenvalue weighted by molar-refractivity contribution is 7.94. The van der Waals surface area contributed by atoms with Crippen molar-refractivity contribution < 1.29 is 12.8 Å². The molecule has 0 amide bonds. The number of rotatable bonds is 10. The van der Waals surface area contributed by atoms with Crippen LogP contribution in [0.25, 0.3) is 0 Å². The van der Waals surface area contributed by atoms with Gasteiger partial charge < -0.3 is 4.43 Å². The Morgan fingerprint density at radius 3 is 1.49 bits per heavy atom. The van der Waals surface area contributed by atoms with E-state index in [1.54, 1.807) is 30.3 Å². The van der Waals surface area contributed by atoms with Crippen molar-refractivity contribution in [3.8, 4) is 0 Å². The van der Waals surface area contributed by atoms with Crippen LogP contribution in [0.15, 0.2) is 138 Å². The lowest BCUT2D eigenvalue weighted by Crippen LogP contribution is -2.70. The van der Waals surface area contributed by atoms with Crippen LogP contribution in [0.5, 0.6) is 0 Å². The zero-order valence-electron chi connectivity index (χ0n) is 19.8.